The van der Waals surface area contributed by atoms with E-state index in [4.69, 9.17) is 0 Å². The van der Waals surface area contributed by atoms with Crippen LogP contribution in [0, 0.1) is 0 Å². The number of hydrogen-bond acceptors (Lipinski definition) is 2. The van der Waals surface area contributed by atoms with E-state index in [-0.39, 0.29) is 39.2 Å². The SMILES string of the molecule is CC1c2cc3c(c(-c4cc5c6c(c4)N(c4ccc7c(c4)C(C)(C)CCCC7(C)C)c4cc7c(cc4B6c4cc(C(C)(C)C)ccc4N5c4ccc(C(C)(C)C)cc4)C(C)(C)CCCC7(C)C)c2C1C)C(C)C3C. The summed E-state index contributed by atoms with van der Waals surface area (Å²) in [5.41, 5.74) is 30.5. The molecular formula is C70H85BN2. The van der Waals surface area contributed by atoms with Crippen LogP contribution in [0.1, 0.15) is 242 Å². The average Bonchev–Trinajstić information content (AvgIpc) is 3.48. The van der Waals surface area contributed by atoms with Crippen LogP contribution in [-0.2, 0) is 32.5 Å². The topological polar surface area (TPSA) is 6.48 Å². The minimum absolute atomic E-state index is 0.0222. The van der Waals surface area contributed by atoms with Gasteiger partial charge in [0.1, 0.15) is 0 Å². The first-order valence-electron chi connectivity index (χ1n) is 28.7. The lowest BCUT2D eigenvalue weighted by Crippen LogP contribution is -2.62. The molecule has 0 saturated heterocycles. The maximum atomic E-state index is 2.80. The average molecular weight is 965 g/mol. The van der Waals surface area contributed by atoms with E-state index in [0.29, 0.717) is 23.7 Å². The van der Waals surface area contributed by atoms with Crippen LogP contribution in [0.15, 0.2) is 91.0 Å². The van der Waals surface area contributed by atoms with Crippen LogP contribution in [0.5, 0.6) is 0 Å². The third-order valence-electron chi connectivity index (χ3n) is 20.6. The Bertz CT molecular complexity index is 3250. The number of rotatable bonds is 3. The van der Waals surface area contributed by atoms with Gasteiger partial charge in [0.2, 0.25) is 0 Å². The van der Waals surface area contributed by atoms with E-state index in [1.54, 1.807) is 27.8 Å². The lowest BCUT2D eigenvalue weighted by Gasteiger charge is -2.48. The van der Waals surface area contributed by atoms with Crippen molar-refractivity contribution in [1.82, 2.24) is 0 Å². The minimum Gasteiger partial charge on any atom is -0.311 e. The van der Waals surface area contributed by atoms with E-state index >= 15 is 0 Å². The number of benzene rings is 6. The number of hydrogen-bond donors (Lipinski definition) is 0. The molecule has 4 atom stereocenters. The zero-order valence-electron chi connectivity index (χ0n) is 48.2. The van der Waals surface area contributed by atoms with E-state index in [0.717, 1.165) is 0 Å². The van der Waals surface area contributed by atoms with E-state index in [1.165, 1.54) is 128 Å². The molecule has 4 aliphatic carbocycles. The molecule has 0 bridgehead atoms. The van der Waals surface area contributed by atoms with Gasteiger partial charge < -0.3 is 9.80 Å². The van der Waals surface area contributed by atoms with Crippen LogP contribution in [0.3, 0.4) is 0 Å². The molecule has 0 aromatic heterocycles. The van der Waals surface area contributed by atoms with Crippen molar-refractivity contribution < 1.29 is 0 Å². The van der Waals surface area contributed by atoms with Gasteiger partial charge in [0, 0.05) is 34.1 Å². The molecule has 6 aromatic rings. The summed E-state index contributed by atoms with van der Waals surface area (Å²) < 4.78 is 0. The second kappa shape index (κ2) is 15.8. The summed E-state index contributed by atoms with van der Waals surface area (Å²) in [5.74, 6) is 2.12. The summed E-state index contributed by atoms with van der Waals surface area (Å²) in [6.45, 7) is 44.3. The molecule has 3 heteroatoms. The van der Waals surface area contributed by atoms with Gasteiger partial charge in [0.15, 0.2) is 0 Å². The zero-order valence-corrected chi connectivity index (χ0v) is 48.2. The molecule has 0 amide bonds. The third-order valence-corrected chi connectivity index (χ3v) is 20.6. The molecule has 2 heterocycles. The Labute approximate surface area is 441 Å². The van der Waals surface area contributed by atoms with Gasteiger partial charge in [0.05, 0.1) is 0 Å². The van der Waals surface area contributed by atoms with Crippen LogP contribution in [0.25, 0.3) is 11.1 Å². The molecule has 2 nitrogen and oxygen atoms in total. The van der Waals surface area contributed by atoms with E-state index < -0.39 is 0 Å². The van der Waals surface area contributed by atoms with Crippen molar-refractivity contribution in [1.29, 1.82) is 0 Å². The van der Waals surface area contributed by atoms with Gasteiger partial charge in [-0.1, -0.05) is 180 Å². The van der Waals surface area contributed by atoms with Crippen molar-refractivity contribution in [2.24, 2.45) is 0 Å². The van der Waals surface area contributed by atoms with Crippen molar-refractivity contribution >= 4 is 57.2 Å². The van der Waals surface area contributed by atoms with E-state index in [2.05, 4.69) is 225 Å². The summed E-state index contributed by atoms with van der Waals surface area (Å²) in [4.78, 5) is 5.49. The predicted molar refractivity (Wildman–Crippen MR) is 317 cm³/mol. The Balaban J connectivity index is 1.25. The second-order valence-electron chi connectivity index (χ2n) is 29.2. The third kappa shape index (κ3) is 7.14. The van der Waals surface area contributed by atoms with Gasteiger partial charge in [-0.05, 0) is 214 Å². The Hall–Kier alpha value is -5.02. The van der Waals surface area contributed by atoms with Crippen molar-refractivity contribution in [3.63, 3.8) is 0 Å². The maximum Gasteiger partial charge on any atom is 0.252 e. The lowest BCUT2D eigenvalue weighted by molar-refractivity contribution is 0.433. The molecule has 4 unspecified atom stereocenters. The van der Waals surface area contributed by atoms with Gasteiger partial charge in [-0.15, -0.1) is 0 Å². The molecule has 12 rings (SSSR count). The van der Waals surface area contributed by atoms with E-state index in [9.17, 15) is 0 Å². The molecule has 6 aliphatic rings. The van der Waals surface area contributed by atoms with Crippen LogP contribution < -0.4 is 26.2 Å². The molecule has 73 heavy (non-hydrogen) atoms. The first-order valence-corrected chi connectivity index (χ1v) is 28.7. The van der Waals surface area contributed by atoms with Gasteiger partial charge in [-0.25, -0.2) is 0 Å². The normalized spacial score (nSPS) is 23.5. The predicted octanol–water partition coefficient (Wildman–Crippen LogP) is 18.0. The molecule has 0 fully saturated rings. The summed E-state index contributed by atoms with van der Waals surface area (Å²) in [6.07, 6.45) is 7.27. The molecule has 0 radical (unpaired) electrons. The quantitative estimate of drug-likeness (QED) is 0.129. The molecule has 2 aliphatic heterocycles. The number of fused-ring (bicyclic) bond motifs is 8. The summed E-state index contributed by atoms with van der Waals surface area (Å²) in [7, 11) is 0. The minimum atomic E-state index is -0.0222. The number of anilines is 6. The van der Waals surface area contributed by atoms with Crippen LogP contribution >= 0.6 is 0 Å². The van der Waals surface area contributed by atoms with Gasteiger partial charge in [0.25, 0.3) is 6.71 Å². The van der Waals surface area contributed by atoms with Crippen LogP contribution in [0.4, 0.5) is 34.1 Å². The van der Waals surface area contributed by atoms with Crippen molar-refractivity contribution in [3.8, 4) is 11.1 Å². The van der Waals surface area contributed by atoms with Gasteiger partial charge >= 0.3 is 0 Å². The zero-order chi connectivity index (χ0) is 52.0. The summed E-state index contributed by atoms with van der Waals surface area (Å²) in [6, 6.07) is 38.4. The highest BCUT2D eigenvalue weighted by molar-refractivity contribution is 7.00. The molecule has 6 aromatic carbocycles. The number of nitrogens with zero attached hydrogens (tertiary/aromatic N) is 2. The first-order chi connectivity index (χ1) is 34.1. The molecule has 0 N–H and O–H groups in total. The van der Waals surface area contributed by atoms with Gasteiger partial charge in [-0.3, -0.25) is 0 Å². The molecule has 0 saturated carbocycles. The van der Waals surface area contributed by atoms with Crippen LogP contribution in [-0.4, -0.2) is 6.71 Å². The van der Waals surface area contributed by atoms with Crippen molar-refractivity contribution in [2.75, 3.05) is 9.80 Å². The smallest absolute Gasteiger partial charge is 0.252 e. The fraction of sp³-hybridized carbons (Fsp3) is 0.486. The molecule has 378 valence electrons. The highest BCUT2D eigenvalue weighted by Gasteiger charge is 2.49. The fourth-order valence-electron chi connectivity index (χ4n) is 15.4. The first kappa shape index (κ1) is 48.9. The summed E-state index contributed by atoms with van der Waals surface area (Å²) >= 11 is 0. The second-order valence-corrected chi connectivity index (χ2v) is 29.2. The monoisotopic (exact) mass is 965 g/mol. The molecular weight excluding hydrogens is 880 g/mol. The maximum absolute atomic E-state index is 2.80. The van der Waals surface area contributed by atoms with Crippen molar-refractivity contribution in [3.05, 3.63) is 147 Å². The Morgan fingerprint density at radius 1 is 0.425 bits per heavy atom. The van der Waals surface area contributed by atoms with E-state index in [1.807, 2.05) is 0 Å². The Morgan fingerprint density at radius 2 is 0.877 bits per heavy atom. The highest BCUT2D eigenvalue weighted by atomic mass is 15.2. The largest absolute Gasteiger partial charge is 0.311 e. The van der Waals surface area contributed by atoms with Crippen molar-refractivity contribution in [2.45, 2.75) is 219 Å². The molecule has 0 spiro atoms. The standard InChI is InChI=1S/C70H85BN2/c1-40-42(3)61-49(40)37-50-41(2)43(4)62(50)63(61)44-33-59-64-60(34-44)73(48-26-27-51-52(36-48)68(13,14)30-19-29-67(51,11)12)58-39-54-53(69(15,16)31-20-32-70(54,17)18)38-56(58)71(64)55-35-46(66(8,9)10)23-28-57(55)72(59)47-24-21-45(22-25-47)65(5,6)7/h21-28,33-43H,19-20,29-32H2,1-18H3. The highest BCUT2D eigenvalue weighted by Crippen LogP contribution is 2.61. The summed E-state index contributed by atoms with van der Waals surface area (Å²) in [5, 5.41) is 0. The van der Waals surface area contributed by atoms with Crippen LogP contribution in [0.2, 0.25) is 0 Å². The van der Waals surface area contributed by atoms with Gasteiger partial charge in [-0.2, -0.15) is 0 Å². The lowest BCUT2D eigenvalue weighted by atomic mass is 9.33. The Morgan fingerprint density at radius 3 is 1.41 bits per heavy atom. The fourth-order valence-corrected chi connectivity index (χ4v) is 15.4. The Kier molecular flexibility index (Phi) is 10.6.